The summed E-state index contributed by atoms with van der Waals surface area (Å²) in [5.74, 6) is 3.39. The second kappa shape index (κ2) is 4.94. The first-order valence-corrected chi connectivity index (χ1v) is 6.47. The van der Waals surface area contributed by atoms with E-state index in [1.165, 1.54) is 6.42 Å². The molecule has 2 heterocycles. The van der Waals surface area contributed by atoms with E-state index in [4.69, 9.17) is 15.9 Å². The van der Waals surface area contributed by atoms with Crippen molar-refractivity contribution < 1.29 is 9.47 Å². The maximum atomic E-state index is 5.78. The van der Waals surface area contributed by atoms with Gasteiger partial charge in [0.25, 0.3) is 0 Å². The molecule has 4 nitrogen and oxygen atoms in total. The van der Waals surface area contributed by atoms with Gasteiger partial charge in [0.1, 0.15) is 5.75 Å². The highest BCUT2D eigenvalue weighted by atomic mass is 16.5. The fourth-order valence-electron chi connectivity index (χ4n) is 2.57. The molecule has 1 unspecified atom stereocenters. The lowest BCUT2D eigenvalue weighted by atomic mass is 10.1. The summed E-state index contributed by atoms with van der Waals surface area (Å²) < 4.78 is 13.0. The molecule has 98 valence electrons. The van der Waals surface area contributed by atoms with Crippen LogP contribution in [0.1, 0.15) is 31.1 Å². The second-order valence-electron chi connectivity index (χ2n) is 4.63. The van der Waals surface area contributed by atoms with Gasteiger partial charge >= 0.3 is 0 Å². The zero-order chi connectivity index (χ0) is 13.2. The maximum absolute atomic E-state index is 5.78. The highest BCUT2D eigenvalue weighted by Crippen LogP contribution is 2.31. The maximum Gasteiger partial charge on any atom is 0.150 e. The Morgan fingerprint density at radius 1 is 1.47 bits per heavy atom. The van der Waals surface area contributed by atoms with E-state index < -0.39 is 0 Å². The molecule has 0 bridgehead atoms. The fraction of sp³-hybridized carbons (Fsp3) is 0.400. The van der Waals surface area contributed by atoms with Gasteiger partial charge in [-0.15, -0.1) is 6.42 Å². The topological polar surface area (TPSA) is 36.3 Å². The molecule has 0 saturated carbocycles. The molecule has 0 radical (unpaired) electrons. The van der Waals surface area contributed by atoms with Crippen LogP contribution in [-0.2, 0) is 4.74 Å². The minimum atomic E-state index is 0.0188. The van der Waals surface area contributed by atoms with Crippen LogP contribution in [0.3, 0.4) is 0 Å². The number of nitrogens with zero attached hydrogens (tertiary/aromatic N) is 2. The summed E-state index contributed by atoms with van der Waals surface area (Å²) in [6.45, 7) is 0.796. The van der Waals surface area contributed by atoms with Crippen LogP contribution < -0.4 is 4.74 Å². The number of methoxy groups -OCH3 is 1. The molecule has 1 aromatic carbocycles. The zero-order valence-corrected chi connectivity index (χ0v) is 10.9. The summed E-state index contributed by atoms with van der Waals surface area (Å²) in [5, 5.41) is 5.38. The molecule has 1 fully saturated rings. The highest BCUT2D eigenvalue weighted by Gasteiger charge is 2.20. The Labute approximate surface area is 112 Å². The van der Waals surface area contributed by atoms with E-state index in [0.717, 1.165) is 35.9 Å². The number of aromatic nitrogens is 2. The van der Waals surface area contributed by atoms with Crippen molar-refractivity contribution >= 4 is 10.9 Å². The Morgan fingerprint density at radius 3 is 3.05 bits per heavy atom. The zero-order valence-electron chi connectivity index (χ0n) is 10.9. The molecule has 1 aromatic heterocycles. The summed E-state index contributed by atoms with van der Waals surface area (Å²) in [7, 11) is 1.62. The Morgan fingerprint density at radius 2 is 2.37 bits per heavy atom. The minimum absolute atomic E-state index is 0.0188. The number of fused-ring (bicyclic) bond motifs is 1. The summed E-state index contributed by atoms with van der Waals surface area (Å²) >= 11 is 0. The van der Waals surface area contributed by atoms with E-state index in [-0.39, 0.29) is 6.23 Å². The van der Waals surface area contributed by atoms with Gasteiger partial charge in [0.05, 0.1) is 24.4 Å². The lowest BCUT2D eigenvalue weighted by molar-refractivity contribution is -0.0366. The van der Waals surface area contributed by atoms with Gasteiger partial charge < -0.3 is 9.47 Å². The second-order valence-corrected chi connectivity index (χ2v) is 4.63. The SMILES string of the molecule is C#Cc1c(OC)ccc2c1cnn2C1CCCCO1. The molecule has 1 saturated heterocycles. The largest absolute Gasteiger partial charge is 0.495 e. The van der Waals surface area contributed by atoms with E-state index in [9.17, 15) is 0 Å². The molecule has 3 rings (SSSR count). The lowest BCUT2D eigenvalue weighted by Gasteiger charge is -2.23. The van der Waals surface area contributed by atoms with Gasteiger partial charge in [-0.05, 0) is 31.4 Å². The van der Waals surface area contributed by atoms with Crippen LogP contribution in [-0.4, -0.2) is 23.5 Å². The Hall–Kier alpha value is -1.99. The molecule has 0 amide bonds. The van der Waals surface area contributed by atoms with Crippen LogP contribution in [0.2, 0.25) is 0 Å². The van der Waals surface area contributed by atoms with E-state index in [2.05, 4.69) is 11.0 Å². The predicted molar refractivity (Wildman–Crippen MR) is 73.1 cm³/mol. The Bertz CT molecular complexity index is 633. The van der Waals surface area contributed by atoms with Crippen molar-refractivity contribution in [1.82, 2.24) is 9.78 Å². The van der Waals surface area contributed by atoms with Crippen molar-refractivity contribution in [3.8, 4) is 18.1 Å². The summed E-state index contributed by atoms with van der Waals surface area (Å²) in [4.78, 5) is 0. The third-order valence-corrected chi connectivity index (χ3v) is 3.54. The standard InChI is InChI=1S/C15H16N2O2/c1-3-11-12-10-16-17(15-6-4-5-9-19-15)13(12)7-8-14(11)18-2/h1,7-8,10,15H,4-6,9H2,2H3. The molecule has 2 aromatic rings. The first kappa shape index (κ1) is 12.1. The minimum Gasteiger partial charge on any atom is -0.495 e. The number of hydrogen-bond donors (Lipinski definition) is 0. The molecule has 19 heavy (non-hydrogen) atoms. The molecule has 1 aliphatic rings. The lowest BCUT2D eigenvalue weighted by Crippen LogP contribution is -2.18. The van der Waals surface area contributed by atoms with E-state index in [1.807, 2.05) is 16.8 Å². The van der Waals surface area contributed by atoms with Crippen LogP contribution in [0.5, 0.6) is 5.75 Å². The van der Waals surface area contributed by atoms with Crippen LogP contribution in [0.15, 0.2) is 18.3 Å². The van der Waals surface area contributed by atoms with Crippen molar-refractivity contribution in [3.05, 3.63) is 23.9 Å². The molecule has 0 aliphatic carbocycles. The molecule has 0 spiro atoms. The van der Waals surface area contributed by atoms with Crippen molar-refractivity contribution in [3.63, 3.8) is 0 Å². The van der Waals surface area contributed by atoms with Gasteiger partial charge in [0.15, 0.2) is 6.23 Å². The molecular weight excluding hydrogens is 240 g/mol. The van der Waals surface area contributed by atoms with Crippen molar-refractivity contribution in [1.29, 1.82) is 0 Å². The number of benzene rings is 1. The molecular formula is C15H16N2O2. The van der Waals surface area contributed by atoms with Crippen molar-refractivity contribution in [2.75, 3.05) is 13.7 Å². The van der Waals surface area contributed by atoms with Gasteiger partial charge in [-0.1, -0.05) is 5.92 Å². The quantitative estimate of drug-likeness (QED) is 0.775. The molecule has 4 heteroatoms. The summed E-state index contributed by atoms with van der Waals surface area (Å²) in [6.07, 6.45) is 10.7. The van der Waals surface area contributed by atoms with Gasteiger partial charge in [-0.3, -0.25) is 0 Å². The molecule has 0 N–H and O–H groups in total. The number of hydrogen-bond acceptors (Lipinski definition) is 3. The first-order valence-electron chi connectivity index (χ1n) is 6.47. The van der Waals surface area contributed by atoms with Gasteiger partial charge in [-0.2, -0.15) is 5.10 Å². The third-order valence-electron chi connectivity index (χ3n) is 3.54. The normalized spacial score (nSPS) is 19.3. The summed E-state index contributed by atoms with van der Waals surface area (Å²) in [5.41, 5.74) is 1.75. The highest BCUT2D eigenvalue weighted by molar-refractivity contribution is 5.87. The van der Waals surface area contributed by atoms with Gasteiger partial charge in [0, 0.05) is 12.0 Å². The molecule has 1 atom stereocenters. The van der Waals surface area contributed by atoms with E-state index >= 15 is 0 Å². The van der Waals surface area contributed by atoms with Crippen LogP contribution >= 0.6 is 0 Å². The predicted octanol–water partition coefficient (Wildman–Crippen LogP) is 2.73. The smallest absolute Gasteiger partial charge is 0.150 e. The van der Waals surface area contributed by atoms with E-state index in [0.29, 0.717) is 5.75 Å². The van der Waals surface area contributed by atoms with Crippen LogP contribution in [0, 0.1) is 12.3 Å². The van der Waals surface area contributed by atoms with E-state index in [1.54, 1.807) is 13.3 Å². The average molecular weight is 256 g/mol. The average Bonchev–Trinajstić information content (AvgIpc) is 2.91. The third kappa shape index (κ3) is 1.96. The van der Waals surface area contributed by atoms with Crippen LogP contribution in [0.4, 0.5) is 0 Å². The van der Waals surface area contributed by atoms with Crippen molar-refractivity contribution in [2.45, 2.75) is 25.5 Å². The number of terminal acetylenes is 1. The van der Waals surface area contributed by atoms with Gasteiger partial charge in [0.2, 0.25) is 0 Å². The Kier molecular flexibility index (Phi) is 3.14. The first-order chi connectivity index (χ1) is 9.35. The van der Waals surface area contributed by atoms with Crippen LogP contribution in [0.25, 0.3) is 10.9 Å². The van der Waals surface area contributed by atoms with Gasteiger partial charge in [-0.25, -0.2) is 4.68 Å². The monoisotopic (exact) mass is 256 g/mol. The summed E-state index contributed by atoms with van der Waals surface area (Å²) in [6, 6.07) is 3.87. The number of rotatable bonds is 2. The fourth-order valence-corrected chi connectivity index (χ4v) is 2.57. The Balaban J connectivity index is 2.11. The number of ether oxygens (including phenoxy) is 2. The molecule has 1 aliphatic heterocycles. The van der Waals surface area contributed by atoms with Crippen molar-refractivity contribution in [2.24, 2.45) is 0 Å².